The lowest BCUT2D eigenvalue weighted by molar-refractivity contribution is 0.427. The van der Waals surface area contributed by atoms with Gasteiger partial charge in [-0.2, -0.15) is 5.26 Å². The number of benzene rings is 1. The van der Waals surface area contributed by atoms with Crippen molar-refractivity contribution in [3.63, 3.8) is 0 Å². The van der Waals surface area contributed by atoms with E-state index in [1.54, 1.807) is 0 Å². The maximum atomic E-state index is 12.3. The van der Waals surface area contributed by atoms with Crippen LogP contribution in [0.25, 0.3) is 0 Å². The van der Waals surface area contributed by atoms with Gasteiger partial charge in [0.25, 0.3) is 0 Å². The Morgan fingerprint density at radius 2 is 1.95 bits per heavy atom. The summed E-state index contributed by atoms with van der Waals surface area (Å²) in [6.45, 7) is 6.04. The number of nitrogens with one attached hydrogen (secondary N) is 1. The van der Waals surface area contributed by atoms with Crippen molar-refractivity contribution < 1.29 is 4.21 Å². The molecule has 1 rings (SSSR count). The third kappa shape index (κ3) is 4.45. The molecule has 0 aliphatic heterocycles. The molecule has 0 heterocycles. The van der Waals surface area contributed by atoms with Gasteiger partial charge in [-0.25, -0.2) is 8.93 Å². The van der Waals surface area contributed by atoms with Crippen LogP contribution >= 0.6 is 0 Å². The van der Waals surface area contributed by atoms with Crippen molar-refractivity contribution in [1.29, 1.82) is 5.26 Å². The molecule has 0 spiro atoms. The van der Waals surface area contributed by atoms with Gasteiger partial charge in [-0.1, -0.05) is 44.4 Å². The van der Waals surface area contributed by atoms with Gasteiger partial charge in [0, 0.05) is 0 Å². The van der Waals surface area contributed by atoms with E-state index in [-0.39, 0.29) is 0 Å². The Kier molecular flexibility index (Phi) is 6.20. The highest BCUT2D eigenvalue weighted by molar-refractivity contribution is 7.83. The normalized spacial score (nSPS) is 15.5. The van der Waals surface area contributed by atoms with E-state index in [1.165, 1.54) is 0 Å². The van der Waals surface area contributed by atoms with Gasteiger partial charge in [0.05, 0.1) is 11.0 Å². The first-order valence-electron chi connectivity index (χ1n) is 6.74. The summed E-state index contributed by atoms with van der Waals surface area (Å²) < 4.78 is 15.3. The summed E-state index contributed by atoms with van der Waals surface area (Å²) in [4.78, 5) is 0.718. The van der Waals surface area contributed by atoms with E-state index in [0.29, 0.717) is 6.42 Å². The lowest BCUT2D eigenvalue weighted by Crippen LogP contribution is -2.44. The molecule has 0 saturated carbocycles. The molecule has 0 saturated heterocycles. The van der Waals surface area contributed by atoms with Crippen LogP contribution in [0.2, 0.25) is 0 Å². The molecule has 0 aromatic heterocycles. The number of aryl methyl sites for hydroxylation is 1. The lowest BCUT2D eigenvalue weighted by atomic mass is 9.93. The SMILES string of the molecule is CCCC[C@@](C#N)(CC)N[S@@](=O)c1ccc(C)cc1. The van der Waals surface area contributed by atoms with Crippen molar-refractivity contribution in [3.8, 4) is 6.07 Å². The van der Waals surface area contributed by atoms with Gasteiger partial charge in [-0.15, -0.1) is 0 Å². The van der Waals surface area contributed by atoms with Gasteiger partial charge in [-0.3, -0.25) is 0 Å². The van der Waals surface area contributed by atoms with Gasteiger partial charge in [-0.05, 0) is 31.9 Å². The van der Waals surface area contributed by atoms with Crippen LogP contribution in [0.3, 0.4) is 0 Å². The zero-order chi connectivity index (χ0) is 14.3. The first kappa shape index (κ1) is 15.9. The van der Waals surface area contributed by atoms with Crippen molar-refractivity contribution in [1.82, 2.24) is 4.72 Å². The van der Waals surface area contributed by atoms with E-state index in [0.717, 1.165) is 29.7 Å². The minimum Gasteiger partial charge on any atom is -0.237 e. The van der Waals surface area contributed by atoms with Crippen LogP contribution < -0.4 is 4.72 Å². The summed E-state index contributed by atoms with van der Waals surface area (Å²) in [6.07, 6.45) is 3.37. The molecule has 1 aromatic rings. The fraction of sp³-hybridized carbons (Fsp3) is 0.533. The molecule has 0 fully saturated rings. The van der Waals surface area contributed by atoms with Gasteiger partial charge in [0.1, 0.15) is 16.5 Å². The molecule has 0 aliphatic rings. The average Bonchev–Trinajstić information content (AvgIpc) is 2.44. The predicted octanol–water partition coefficient (Wildman–Crippen LogP) is 3.47. The third-order valence-corrected chi connectivity index (χ3v) is 4.57. The van der Waals surface area contributed by atoms with E-state index in [4.69, 9.17) is 0 Å². The number of unbranched alkanes of at least 4 members (excludes halogenated alkanes) is 1. The van der Waals surface area contributed by atoms with Gasteiger partial charge in [0.15, 0.2) is 0 Å². The molecule has 3 nitrogen and oxygen atoms in total. The van der Waals surface area contributed by atoms with Crippen LogP contribution in [-0.2, 0) is 11.0 Å². The first-order valence-corrected chi connectivity index (χ1v) is 7.89. The second-order valence-corrected chi connectivity index (χ2v) is 6.05. The van der Waals surface area contributed by atoms with Crippen LogP contribution in [0.4, 0.5) is 0 Å². The zero-order valence-corrected chi connectivity index (χ0v) is 12.7. The minimum absolute atomic E-state index is 0.654. The topological polar surface area (TPSA) is 52.9 Å². The highest BCUT2D eigenvalue weighted by Gasteiger charge is 2.29. The van der Waals surface area contributed by atoms with Crippen LogP contribution in [0.1, 0.15) is 45.1 Å². The van der Waals surface area contributed by atoms with E-state index < -0.39 is 16.5 Å². The van der Waals surface area contributed by atoms with Gasteiger partial charge >= 0.3 is 0 Å². The second kappa shape index (κ2) is 7.42. The summed E-state index contributed by atoms with van der Waals surface area (Å²) in [5, 5.41) is 9.40. The van der Waals surface area contributed by atoms with E-state index in [2.05, 4.69) is 17.7 Å². The number of hydrogen-bond acceptors (Lipinski definition) is 2. The molecule has 4 heteroatoms. The van der Waals surface area contributed by atoms with Crippen molar-refractivity contribution in [2.75, 3.05) is 0 Å². The van der Waals surface area contributed by atoms with Crippen LogP contribution in [-0.4, -0.2) is 9.75 Å². The Morgan fingerprint density at radius 3 is 2.42 bits per heavy atom. The minimum atomic E-state index is -1.34. The fourth-order valence-electron chi connectivity index (χ4n) is 1.83. The zero-order valence-electron chi connectivity index (χ0n) is 11.9. The van der Waals surface area contributed by atoms with Crippen molar-refractivity contribution in [3.05, 3.63) is 29.8 Å². The molecule has 0 unspecified atom stereocenters. The summed E-state index contributed by atoms with van der Waals surface area (Å²) in [5.74, 6) is 0. The number of rotatable bonds is 7. The van der Waals surface area contributed by atoms with E-state index >= 15 is 0 Å². The number of nitrogens with zero attached hydrogens (tertiary/aromatic N) is 1. The largest absolute Gasteiger partial charge is 0.237 e. The summed E-state index contributed by atoms with van der Waals surface area (Å²) in [7, 11) is -1.34. The Bertz CT molecular complexity index is 464. The second-order valence-electron chi connectivity index (χ2n) is 4.83. The molecule has 0 bridgehead atoms. The molecule has 1 N–H and O–H groups in total. The molecule has 19 heavy (non-hydrogen) atoms. The molecule has 1 aromatic carbocycles. The predicted molar refractivity (Wildman–Crippen MR) is 78.9 cm³/mol. The molecule has 104 valence electrons. The first-order chi connectivity index (χ1) is 9.06. The maximum Gasteiger partial charge on any atom is 0.126 e. The quantitative estimate of drug-likeness (QED) is 0.830. The van der Waals surface area contributed by atoms with Crippen LogP contribution in [0, 0.1) is 18.3 Å². The maximum absolute atomic E-state index is 12.3. The van der Waals surface area contributed by atoms with E-state index in [1.807, 2.05) is 38.1 Å². The molecular weight excluding hydrogens is 256 g/mol. The Morgan fingerprint density at radius 1 is 1.32 bits per heavy atom. The van der Waals surface area contributed by atoms with Gasteiger partial charge < -0.3 is 0 Å². The summed E-state index contributed by atoms with van der Waals surface area (Å²) >= 11 is 0. The highest BCUT2D eigenvalue weighted by Crippen LogP contribution is 2.20. The molecule has 2 atom stereocenters. The lowest BCUT2D eigenvalue weighted by Gasteiger charge is -2.25. The Hall–Kier alpha value is -1.18. The average molecular weight is 278 g/mol. The van der Waals surface area contributed by atoms with Crippen LogP contribution in [0.5, 0.6) is 0 Å². The van der Waals surface area contributed by atoms with Crippen molar-refractivity contribution in [2.24, 2.45) is 0 Å². The molecule has 0 aliphatic carbocycles. The number of nitriles is 1. The number of hydrogen-bond donors (Lipinski definition) is 1. The summed E-state index contributed by atoms with van der Waals surface area (Å²) in [6, 6.07) is 9.86. The van der Waals surface area contributed by atoms with Crippen molar-refractivity contribution >= 4 is 11.0 Å². The molecule has 0 amide bonds. The van der Waals surface area contributed by atoms with E-state index in [9.17, 15) is 9.47 Å². The Labute approximate surface area is 118 Å². The van der Waals surface area contributed by atoms with Crippen LogP contribution in [0.15, 0.2) is 29.2 Å². The molecule has 0 radical (unpaired) electrons. The summed E-state index contributed by atoms with van der Waals surface area (Å²) in [5.41, 5.74) is 0.444. The standard InChI is InChI=1S/C15H22N2OS/c1-4-6-11-15(5-2,12-16)17-19(18)14-9-7-13(3)8-10-14/h7-10,17H,4-6,11H2,1-3H3/t15-,19+/m1/s1. The smallest absolute Gasteiger partial charge is 0.126 e. The highest BCUT2D eigenvalue weighted by atomic mass is 32.2. The fourth-order valence-corrected chi connectivity index (χ4v) is 2.98. The monoisotopic (exact) mass is 278 g/mol. The Balaban J connectivity index is 2.82. The van der Waals surface area contributed by atoms with Crippen molar-refractivity contribution in [2.45, 2.75) is 56.9 Å². The van der Waals surface area contributed by atoms with Gasteiger partial charge in [0.2, 0.25) is 0 Å². The third-order valence-electron chi connectivity index (χ3n) is 3.30. The molecular formula is C15H22N2OS.